The second-order valence-corrected chi connectivity index (χ2v) is 7.80. The van der Waals surface area contributed by atoms with Gasteiger partial charge >= 0.3 is 0 Å². The minimum atomic E-state index is -0.0758. The van der Waals surface area contributed by atoms with E-state index in [0.717, 1.165) is 32.8 Å². The van der Waals surface area contributed by atoms with E-state index in [2.05, 4.69) is 37.5 Å². The molecule has 26 heavy (non-hydrogen) atoms. The minimum absolute atomic E-state index is 0.0758. The molecule has 0 saturated carbocycles. The van der Waals surface area contributed by atoms with Crippen molar-refractivity contribution in [3.8, 4) is 5.69 Å². The third-order valence-electron chi connectivity index (χ3n) is 3.83. The number of anilines is 1. The monoisotopic (exact) mass is 430 g/mol. The van der Waals surface area contributed by atoms with Gasteiger partial charge in [0.2, 0.25) is 5.91 Å². The lowest BCUT2D eigenvalue weighted by molar-refractivity contribution is -0.113. The topological polar surface area (TPSA) is 59.8 Å². The van der Waals surface area contributed by atoms with Gasteiger partial charge in [-0.15, -0.1) is 10.2 Å². The quantitative estimate of drug-likeness (QED) is 0.596. The molecule has 0 unspecified atom stereocenters. The minimum Gasteiger partial charge on any atom is -0.325 e. The molecule has 134 valence electrons. The zero-order valence-corrected chi connectivity index (χ0v) is 17.2. The average Bonchev–Trinajstić information content (AvgIpc) is 2.97. The van der Waals surface area contributed by atoms with E-state index in [9.17, 15) is 4.79 Å². The van der Waals surface area contributed by atoms with Crippen molar-refractivity contribution < 1.29 is 4.79 Å². The van der Waals surface area contributed by atoms with Gasteiger partial charge in [0.1, 0.15) is 5.82 Å². The van der Waals surface area contributed by atoms with Crippen LogP contribution in [0.15, 0.2) is 52.1 Å². The van der Waals surface area contributed by atoms with Crippen molar-refractivity contribution in [3.63, 3.8) is 0 Å². The van der Waals surface area contributed by atoms with Gasteiger partial charge in [0.25, 0.3) is 0 Å². The summed E-state index contributed by atoms with van der Waals surface area (Å²) in [6.07, 6.45) is 0. The summed E-state index contributed by atoms with van der Waals surface area (Å²) < 4.78 is 2.99. The number of nitrogens with one attached hydrogen (secondary N) is 1. The van der Waals surface area contributed by atoms with Crippen molar-refractivity contribution in [3.05, 3.63) is 63.9 Å². The van der Waals surface area contributed by atoms with Gasteiger partial charge in [-0.1, -0.05) is 39.8 Å². The predicted molar refractivity (Wildman–Crippen MR) is 109 cm³/mol. The summed E-state index contributed by atoms with van der Waals surface area (Å²) in [7, 11) is 0. The first-order valence-electron chi connectivity index (χ1n) is 8.12. The maximum absolute atomic E-state index is 12.3. The molecule has 2 aromatic carbocycles. The van der Waals surface area contributed by atoms with Crippen LogP contribution in [-0.2, 0) is 4.79 Å². The first-order valence-corrected chi connectivity index (χ1v) is 9.90. The van der Waals surface area contributed by atoms with Crippen LogP contribution in [0, 0.1) is 20.8 Å². The maximum Gasteiger partial charge on any atom is 0.234 e. The van der Waals surface area contributed by atoms with Crippen LogP contribution >= 0.6 is 27.7 Å². The molecule has 0 aliphatic rings. The molecule has 0 bridgehead atoms. The fourth-order valence-corrected chi connectivity index (χ4v) is 3.59. The third kappa shape index (κ3) is 4.34. The number of rotatable bonds is 5. The summed E-state index contributed by atoms with van der Waals surface area (Å²) in [4.78, 5) is 12.3. The maximum atomic E-state index is 12.3. The lowest BCUT2D eigenvalue weighted by Gasteiger charge is -2.10. The molecule has 1 amide bonds. The molecule has 0 radical (unpaired) electrons. The van der Waals surface area contributed by atoms with Gasteiger partial charge in [0.05, 0.1) is 5.75 Å². The zero-order valence-electron chi connectivity index (χ0n) is 14.8. The fourth-order valence-electron chi connectivity index (χ4n) is 2.55. The van der Waals surface area contributed by atoms with Crippen molar-refractivity contribution in [1.29, 1.82) is 0 Å². The Balaban J connectivity index is 1.70. The van der Waals surface area contributed by atoms with Gasteiger partial charge in [-0.3, -0.25) is 9.36 Å². The highest BCUT2D eigenvalue weighted by Gasteiger charge is 2.13. The molecule has 0 aliphatic carbocycles. The molecule has 5 nitrogen and oxygen atoms in total. The van der Waals surface area contributed by atoms with Crippen LogP contribution in [0.4, 0.5) is 5.69 Å². The van der Waals surface area contributed by atoms with Crippen LogP contribution in [0.25, 0.3) is 5.69 Å². The van der Waals surface area contributed by atoms with E-state index in [4.69, 9.17) is 0 Å². The van der Waals surface area contributed by atoms with Crippen LogP contribution in [0.2, 0.25) is 0 Å². The number of aromatic nitrogens is 3. The van der Waals surface area contributed by atoms with E-state index in [1.807, 2.05) is 61.7 Å². The van der Waals surface area contributed by atoms with E-state index in [1.54, 1.807) is 0 Å². The lowest BCUT2D eigenvalue weighted by Crippen LogP contribution is -2.14. The summed E-state index contributed by atoms with van der Waals surface area (Å²) in [5.41, 5.74) is 4.02. The number of hydrogen-bond acceptors (Lipinski definition) is 4. The van der Waals surface area contributed by atoms with Gasteiger partial charge in [-0.25, -0.2) is 0 Å². The molecule has 7 heteroatoms. The van der Waals surface area contributed by atoms with E-state index in [0.29, 0.717) is 5.16 Å². The molecule has 0 fully saturated rings. The number of halogens is 1. The zero-order chi connectivity index (χ0) is 18.7. The Hall–Kier alpha value is -2.12. The van der Waals surface area contributed by atoms with Gasteiger partial charge in [-0.05, 0) is 62.2 Å². The normalized spacial score (nSPS) is 10.8. The number of nitrogens with zero attached hydrogens (tertiary/aromatic N) is 3. The van der Waals surface area contributed by atoms with Crippen LogP contribution < -0.4 is 5.32 Å². The van der Waals surface area contributed by atoms with Gasteiger partial charge in [0.15, 0.2) is 5.16 Å². The van der Waals surface area contributed by atoms with Crippen molar-refractivity contribution in [2.24, 2.45) is 0 Å². The van der Waals surface area contributed by atoms with Gasteiger partial charge in [0, 0.05) is 15.8 Å². The third-order valence-corrected chi connectivity index (χ3v) is 5.65. The highest BCUT2D eigenvalue weighted by Crippen LogP contribution is 2.23. The van der Waals surface area contributed by atoms with Gasteiger partial charge < -0.3 is 5.32 Å². The second kappa shape index (κ2) is 8.05. The number of aryl methyl sites for hydroxylation is 3. The van der Waals surface area contributed by atoms with Crippen LogP contribution in [0.5, 0.6) is 0 Å². The Morgan fingerprint density at radius 3 is 2.69 bits per heavy atom. The summed E-state index contributed by atoms with van der Waals surface area (Å²) in [6, 6.07) is 13.9. The van der Waals surface area contributed by atoms with E-state index in [1.165, 1.54) is 11.8 Å². The van der Waals surface area contributed by atoms with Crippen molar-refractivity contribution >= 4 is 39.3 Å². The predicted octanol–water partition coefficient (Wildman–Crippen LogP) is 4.69. The van der Waals surface area contributed by atoms with Crippen LogP contribution in [0.1, 0.15) is 17.0 Å². The largest absolute Gasteiger partial charge is 0.325 e. The summed E-state index contributed by atoms with van der Waals surface area (Å²) in [5.74, 6) is 0.981. The standard InChI is InChI=1S/C19H19BrN4OS/c1-12-5-4-6-16(9-12)24-14(3)22-23-19(24)26-11-18(25)21-15-7-8-17(20)13(2)10-15/h4-10H,11H2,1-3H3,(H,21,25). The number of carbonyl (C=O) groups excluding carboxylic acids is 1. The Labute approximate surface area is 165 Å². The van der Waals surface area contributed by atoms with E-state index in [-0.39, 0.29) is 11.7 Å². The molecule has 0 atom stereocenters. The fraction of sp³-hybridized carbons (Fsp3) is 0.211. The molecule has 0 saturated heterocycles. The van der Waals surface area contributed by atoms with Crippen LogP contribution in [-0.4, -0.2) is 26.4 Å². The van der Waals surface area contributed by atoms with E-state index < -0.39 is 0 Å². The molecule has 1 N–H and O–H groups in total. The molecular weight excluding hydrogens is 412 g/mol. The Bertz CT molecular complexity index is 954. The highest BCUT2D eigenvalue weighted by atomic mass is 79.9. The molecule has 1 aromatic heterocycles. The van der Waals surface area contributed by atoms with Crippen molar-refractivity contribution in [2.75, 3.05) is 11.1 Å². The smallest absolute Gasteiger partial charge is 0.234 e. The van der Waals surface area contributed by atoms with Crippen LogP contribution in [0.3, 0.4) is 0 Å². The first kappa shape index (κ1) is 18.7. The number of amides is 1. The Morgan fingerprint density at radius 1 is 1.15 bits per heavy atom. The van der Waals surface area contributed by atoms with Crippen molar-refractivity contribution in [2.45, 2.75) is 25.9 Å². The molecule has 0 aliphatic heterocycles. The number of carbonyl (C=O) groups is 1. The molecule has 1 heterocycles. The second-order valence-electron chi connectivity index (χ2n) is 6.01. The van der Waals surface area contributed by atoms with E-state index >= 15 is 0 Å². The first-order chi connectivity index (χ1) is 12.4. The number of hydrogen-bond donors (Lipinski definition) is 1. The Morgan fingerprint density at radius 2 is 1.96 bits per heavy atom. The average molecular weight is 431 g/mol. The van der Waals surface area contributed by atoms with Crippen molar-refractivity contribution in [1.82, 2.24) is 14.8 Å². The summed E-state index contributed by atoms with van der Waals surface area (Å²) >= 11 is 4.83. The number of thioether (sulfide) groups is 1. The lowest BCUT2D eigenvalue weighted by atomic mass is 10.2. The molecule has 0 spiro atoms. The molecule has 3 rings (SSSR count). The van der Waals surface area contributed by atoms with Gasteiger partial charge in [-0.2, -0.15) is 0 Å². The highest BCUT2D eigenvalue weighted by molar-refractivity contribution is 9.10. The SMILES string of the molecule is Cc1cccc(-n2c(C)nnc2SCC(=O)Nc2ccc(Br)c(C)c2)c1. The molecule has 3 aromatic rings. The summed E-state index contributed by atoms with van der Waals surface area (Å²) in [6.45, 7) is 5.94. The number of benzene rings is 2. The summed E-state index contributed by atoms with van der Waals surface area (Å²) in [5, 5.41) is 12.0. The molecular formula is C19H19BrN4OS. The Kier molecular flexibility index (Phi) is 5.78.